The van der Waals surface area contributed by atoms with Crippen molar-refractivity contribution in [2.75, 3.05) is 0 Å². The van der Waals surface area contributed by atoms with Crippen LogP contribution >= 0.6 is 0 Å². The van der Waals surface area contributed by atoms with E-state index in [1.807, 2.05) is 0 Å². The van der Waals surface area contributed by atoms with Gasteiger partial charge in [0.1, 0.15) is 0 Å². The van der Waals surface area contributed by atoms with Crippen LogP contribution in [0.4, 0.5) is 0 Å². The molecule has 2 aliphatic carbocycles. The molecular formula is C14H23NO3. The molecule has 0 bridgehead atoms. The van der Waals surface area contributed by atoms with Crippen LogP contribution in [0.5, 0.6) is 0 Å². The molecule has 0 heterocycles. The molecule has 18 heavy (non-hydrogen) atoms. The van der Waals surface area contributed by atoms with Gasteiger partial charge >= 0.3 is 5.97 Å². The summed E-state index contributed by atoms with van der Waals surface area (Å²) in [7, 11) is 0. The summed E-state index contributed by atoms with van der Waals surface area (Å²) in [6.45, 7) is 2.12. The van der Waals surface area contributed by atoms with Crippen molar-refractivity contribution in [2.24, 2.45) is 17.8 Å². The number of carboxylic acids is 1. The third-order valence-electron chi connectivity index (χ3n) is 4.61. The molecular weight excluding hydrogens is 230 g/mol. The van der Waals surface area contributed by atoms with E-state index in [2.05, 4.69) is 12.2 Å². The molecule has 0 spiro atoms. The maximum absolute atomic E-state index is 12.2. The van der Waals surface area contributed by atoms with Crippen molar-refractivity contribution in [3.63, 3.8) is 0 Å². The number of rotatable bonds is 3. The highest BCUT2D eigenvalue weighted by Crippen LogP contribution is 2.32. The highest BCUT2D eigenvalue weighted by atomic mass is 16.4. The number of carboxylic acid groups (broad SMARTS) is 1. The zero-order valence-corrected chi connectivity index (χ0v) is 11.0. The summed E-state index contributed by atoms with van der Waals surface area (Å²) in [6, 6.07) is -0.156. The van der Waals surface area contributed by atoms with Crippen molar-refractivity contribution in [1.29, 1.82) is 0 Å². The first-order chi connectivity index (χ1) is 8.59. The van der Waals surface area contributed by atoms with Crippen LogP contribution in [0.2, 0.25) is 0 Å². The van der Waals surface area contributed by atoms with E-state index in [4.69, 9.17) is 0 Å². The maximum atomic E-state index is 12.2. The summed E-state index contributed by atoms with van der Waals surface area (Å²) in [5.41, 5.74) is 0. The van der Waals surface area contributed by atoms with Crippen molar-refractivity contribution >= 4 is 11.9 Å². The zero-order chi connectivity index (χ0) is 13.1. The predicted molar refractivity (Wildman–Crippen MR) is 68.0 cm³/mol. The highest BCUT2D eigenvalue weighted by molar-refractivity contribution is 5.80. The molecule has 102 valence electrons. The van der Waals surface area contributed by atoms with Crippen LogP contribution in [-0.4, -0.2) is 23.0 Å². The molecule has 0 aromatic carbocycles. The first-order valence-corrected chi connectivity index (χ1v) is 7.12. The third-order valence-corrected chi connectivity index (χ3v) is 4.61. The van der Waals surface area contributed by atoms with E-state index >= 15 is 0 Å². The zero-order valence-electron chi connectivity index (χ0n) is 11.0. The third kappa shape index (κ3) is 2.85. The second kappa shape index (κ2) is 5.72. The van der Waals surface area contributed by atoms with Gasteiger partial charge in [-0.3, -0.25) is 9.59 Å². The Morgan fingerprint density at radius 2 is 1.67 bits per heavy atom. The van der Waals surface area contributed by atoms with Gasteiger partial charge in [0.2, 0.25) is 5.91 Å². The Bertz CT molecular complexity index is 329. The molecule has 1 amide bonds. The van der Waals surface area contributed by atoms with Gasteiger partial charge in [-0.15, -0.1) is 0 Å². The summed E-state index contributed by atoms with van der Waals surface area (Å²) < 4.78 is 0. The Hall–Kier alpha value is -1.06. The van der Waals surface area contributed by atoms with Crippen LogP contribution in [0.25, 0.3) is 0 Å². The van der Waals surface area contributed by atoms with E-state index in [0.717, 1.165) is 38.5 Å². The van der Waals surface area contributed by atoms with Gasteiger partial charge in [0, 0.05) is 12.0 Å². The first kappa shape index (κ1) is 13.4. The molecule has 4 unspecified atom stereocenters. The summed E-state index contributed by atoms with van der Waals surface area (Å²) in [5.74, 6) is -0.532. The lowest BCUT2D eigenvalue weighted by atomic mass is 9.84. The molecule has 4 nitrogen and oxygen atoms in total. The fourth-order valence-corrected chi connectivity index (χ4v) is 3.42. The summed E-state index contributed by atoms with van der Waals surface area (Å²) in [4.78, 5) is 23.4. The second-order valence-electron chi connectivity index (χ2n) is 5.86. The summed E-state index contributed by atoms with van der Waals surface area (Å²) in [6.07, 6.45) is 6.68. The Kier molecular flexibility index (Phi) is 4.25. The fraction of sp³-hybridized carbons (Fsp3) is 0.857. The van der Waals surface area contributed by atoms with Gasteiger partial charge < -0.3 is 10.4 Å². The molecule has 2 saturated carbocycles. The van der Waals surface area contributed by atoms with Crippen LogP contribution in [-0.2, 0) is 9.59 Å². The fourth-order valence-electron chi connectivity index (χ4n) is 3.42. The van der Waals surface area contributed by atoms with Gasteiger partial charge in [0.25, 0.3) is 0 Å². The molecule has 0 aromatic heterocycles. The minimum absolute atomic E-state index is 0.0816. The lowest BCUT2D eigenvalue weighted by Crippen LogP contribution is -2.47. The van der Waals surface area contributed by atoms with Gasteiger partial charge in [0.15, 0.2) is 0 Å². The highest BCUT2D eigenvalue weighted by Gasteiger charge is 2.35. The van der Waals surface area contributed by atoms with Crippen LogP contribution in [0, 0.1) is 17.8 Å². The number of nitrogens with one attached hydrogen (secondary N) is 1. The average molecular weight is 253 g/mol. The Morgan fingerprint density at radius 1 is 1.00 bits per heavy atom. The van der Waals surface area contributed by atoms with Gasteiger partial charge in [-0.1, -0.05) is 26.2 Å². The van der Waals surface area contributed by atoms with Gasteiger partial charge in [0.05, 0.1) is 5.92 Å². The average Bonchev–Trinajstić information content (AvgIpc) is 2.76. The molecule has 0 radical (unpaired) electrons. The lowest BCUT2D eigenvalue weighted by Gasteiger charge is -2.30. The van der Waals surface area contributed by atoms with Crippen molar-refractivity contribution < 1.29 is 14.7 Å². The molecule has 4 heteroatoms. The van der Waals surface area contributed by atoms with E-state index < -0.39 is 5.97 Å². The smallest absolute Gasteiger partial charge is 0.308 e. The number of hydrogen-bond donors (Lipinski definition) is 2. The molecule has 0 aromatic rings. The quantitative estimate of drug-likeness (QED) is 0.810. The van der Waals surface area contributed by atoms with E-state index in [1.54, 1.807) is 0 Å². The van der Waals surface area contributed by atoms with Crippen molar-refractivity contribution in [3.8, 4) is 0 Å². The molecule has 0 saturated heterocycles. The van der Waals surface area contributed by atoms with Gasteiger partial charge in [-0.05, 0) is 31.6 Å². The van der Waals surface area contributed by atoms with Gasteiger partial charge in [-0.2, -0.15) is 0 Å². The second-order valence-corrected chi connectivity index (χ2v) is 5.86. The van der Waals surface area contributed by atoms with Crippen LogP contribution in [0.1, 0.15) is 51.9 Å². The standard InChI is InChI=1S/C14H23NO3/c1-9-5-4-7-10(9)13(16)15-12-8-3-2-6-11(12)14(17)18/h9-12H,2-8H2,1H3,(H,15,16)(H,17,18). The summed E-state index contributed by atoms with van der Waals surface area (Å²) >= 11 is 0. The Morgan fingerprint density at radius 3 is 2.28 bits per heavy atom. The Balaban J connectivity index is 1.94. The molecule has 0 aliphatic heterocycles. The topological polar surface area (TPSA) is 66.4 Å². The summed E-state index contributed by atoms with van der Waals surface area (Å²) in [5, 5.41) is 12.2. The molecule has 2 aliphatic rings. The van der Waals surface area contributed by atoms with Crippen molar-refractivity contribution in [1.82, 2.24) is 5.32 Å². The molecule has 2 rings (SSSR count). The van der Waals surface area contributed by atoms with Gasteiger partial charge in [-0.25, -0.2) is 0 Å². The van der Waals surface area contributed by atoms with E-state index in [-0.39, 0.29) is 23.8 Å². The van der Waals surface area contributed by atoms with E-state index in [9.17, 15) is 14.7 Å². The predicted octanol–water partition coefficient (Wildman–Crippen LogP) is 2.18. The van der Waals surface area contributed by atoms with E-state index in [0.29, 0.717) is 12.3 Å². The SMILES string of the molecule is CC1CCCC1C(=O)NC1CCCCC1C(=O)O. The number of aliphatic carboxylic acids is 1. The maximum Gasteiger partial charge on any atom is 0.308 e. The lowest BCUT2D eigenvalue weighted by molar-refractivity contribution is -0.144. The number of amides is 1. The van der Waals surface area contributed by atoms with Crippen molar-refractivity contribution in [3.05, 3.63) is 0 Å². The molecule has 2 N–H and O–H groups in total. The van der Waals surface area contributed by atoms with E-state index in [1.165, 1.54) is 0 Å². The van der Waals surface area contributed by atoms with Crippen molar-refractivity contribution in [2.45, 2.75) is 57.9 Å². The minimum Gasteiger partial charge on any atom is -0.481 e. The van der Waals surface area contributed by atoms with Crippen LogP contribution < -0.4 is 5.32 Å². The number of carbonyl (C=O) groups excluding carboxylic acids is 1. The minimum atomic E-state index is -0.764. The van der Waals surface area contributed by atoms with Crippen LogP contribution in [0.15, 0.2) is 0 Å². The molecule has 2 fully saturated rings. The Labute approximate surface area is 108 Å². The number of hydrogen-bond acceptors (Lipinski definition) is 2. The van der Waals surface area contributed by atoms with Crippen LogP contribution in [0.3, 0.4) is 0 Å². The number of carbonyl (C=O) groups is 2. The molecule has 4 atom stereocenters. The monoisotopic (exact) mass is 253 g/mol. The largest absolute Gasteiger partial charge is 0.481 e. The normalized spacial score (nSPS) is 36.3. The first-order valence-electron chi connectivity index (χ1n) is 7.12.